The number of anilines is 1. The first-order valence-electron chi connectivity index (χ1n) is 11.0. The average Bonchev–Trinajstić information content (AvgIpc) is 3.49. The Labute approximate surface area is 197 Å². The lowest BCUT2D eigenvalue weighted by Crippen LogP contribution is -2.23. The minimum Gasteiger partial charge on any atom is -0.497 e. The number of hydrogen-bond acceptors (Lipinski definition) is 6. The molecule has 1 atom stereocenters. The van der Waals surface area contributed by atoms with Crippen LogP contribution in [0.1, 0.15) is 48.5 Å². The van der Waals surface area contributed by atoms with Gasteiger partial charge < -0.3 is 14.8 Å². The second-order valence-electron chi connectivity index (χ2n) is 8.42. The van der Waals surface area contributed by atoms with Gasteiger partial charge in [0, 0.05) is 22.6 Å². The summed E-state index contributed by atoms with van der Waals surface area (Å²) < 4.78 is 37.8. The van der Waals surface area contributed by atoms with E-state index in [-0.39, 0.29) is 34.1 Å². The average molecular weight is 484 g/mol. The molecule has 8 heteroatoms. The van der Waals surface area contributed by atoms with Crippen LogP contribution in [0.5, 0.6) is 11.5 Å². The molecular weight excluding hydrogens is 458 g/mol. The Kier molecular flexibility index (Phi) is 5.88. The van der Waals surface area contributed by atoms with E-state index in [0.29, 0.717) is 11.4 Å². The summed E-state index contributed by atoms with van der Waals surface area (Å²) in [5.74, 6) is 1.03. The predicted octanol–water partition coefficient (Wildman–Crippen LogP) is 5.39. The molecule has 3 aromatic rings. The van der Waals surface area contributed by atoms with Crippen LogP contribution in [0.4, 0.5) is 5.69 Å². The Morgan fingerprint density at radius 2 is 1.64 bits per heavy atom. The van der Waals surface area contributed by atoms with Gasteiger partial charge in [0.05, 0.1) is 23.8 Å². The van der Waals surface area contributed by atoms with Crippen LogP contribution < -0.4 is 14.8 Å². The molecule has 1 saturated carbocycles. The van der Waals surface area contributed by atoms with Crippen molar-refractivity contribution in [2.45, 2.75) is 53.9 Å². The number of carbonyl (C=O) groups excluding carboxylic acids is 1. The molecule has 1 N–H and O–H groups in total. The molecule has 1 amide bonds. The van der Waals surface area contributed by atoms with Gasteiger partial charge in [0.1, 0.15) is 16.4 Å². The van der Waals surface area contributed by atoms with Gasteiger partial charge >= 0.3 is 0 Å². The van der Waals surface area contributed by atoms with Gasteiger partial charge in [-0.05, 0) is 67.6 Å². The number of hydrogen-bond donors (Lipinski definition) is 1. The summed E-state index contributed by atoms with van der Waals surface area (Å²) in [5, 5.41) is 4.43. The smallest absolute Gasteiger partial charge is 0.225 e. The third-order valence-electron chi connectivity index (χ3n) is 6.30. The normalized spacial score (nSPS) is 18.6. The molecule has 33 heavy (non-hydrogen) atoms. The van der Waals surface area contributed by atoms with E-state index in [1.807, 2.05) is 24.3 Å². The lowest BCUT2D eigenvalue weighted by Gasteiger charge is -2.24. The second kappa shape index (κ2) is 8.83. The maximum absolute atomic E-state index is 13.3. The number of methoxy groups -OCH3 is 1. The summed E-state index contributed by atoms with van der Waals surface area (Å²) in [6.45, 7) is 0. The maximum Gasteiger partial charge on any atom is 0.225 e. The quantitative estimate of drug-likeness (QED) is 0.509. The van der Waals surface area contributed by atoms with Gasteiger partial charge in [0.25, 0.3) is 0 Å². The number of nitrogens with one attached hydrogen (secondary N) is 1. The fourth-order valence-corrected chi connectivity index (χ4v) is 7.44. The highest BCUT2D eigenvalue weighted by atomic mass is 32.2. The van der Waals surface area contributed by atoms with Crippen molar-refractivity contribution in [3.05, 3.63) is 64.4 Å². The monoisotopic (exact) mass is 483 g/mol. The van der Waals surface area contributed by atoms with Crippen LogP contribution in [0.3, 0.4) is 0 Å². The van der Waals surface area contributed by atoms with Crippen LogP contribution >= 0.6 is 11.3 Å². The van der Waals surface area contributed by atoms with Crippen molar-refractivity contribution in [1.82, 2.24) is 0 Å². The number of thiophene rings is 1. The van der Waals surface area contributed by atoms with Crippen LogP contribution in [0.15, 0.2) is 63.7 Å². The summed E-state index contributed by atoms with van der Waals surface area (Å²) in [5.41, 5.74) is 1.36. The van der Waals surface area contributed by atoms with E-state index in [2.05, 4.69) is 5.32 Å². The fraction of sp³-hybridized carbons (Fsp3) is 0.320. The van der Waals surface area contributed by atoms with Crippen molar-refractivity contribution in [1.29, 1.82) is 0 Å². The molecule has 0 radical (unpaired) electrons. The molecule has 1 fully saturated rings. The topological polar surface area (TPSA) is 81.7 Å². The third-order valence-corrected chi connectivity index (χ3v) is 9.34. The summed E-state index contributed by atoms with van der Waals surface area (Å²) in [7, 11) is -2.26. The second-order valence-corrected chi connectivity index (χ2v) is 11.2. The van der Waals surface area contributed by atoms with Gasteiger partial charge in [-0.3, -0.25) is 4.79 Å². The van der Waals surface area contributed by atoms with Gasteiger partial charge in [-0.2, -0.15) is 0 Å². The first-order valence-corrected chi connectivity index (χ1v) is 13.4. The zero-order chi connectivity index (χ0) is 23.0. The third kappa shape index (κ3) is 4.25. The number of amides is 1. The predicted molar refractivity (Wildman–Crippen MR) is 127 cm³/mol. The van der Waals surface area contributed by atoms with Gasteiger partial charge in [0.2, 0.25) is 15.7 Å². The maximum atomic E-state index is 13.3. The molecule has 0 saturated heterocycles. The Bertz CT molecular complexity index is 1260. The zero-order valence-electron chi connectivity index (χ0n) is 18.2. The Morgan fingerprint density at radius 3 is 2.30 bits per heavy atom. The molecule has 2 heterocycles. The standard InChI is InChI=1S/C25H25NO5S2/c1-30-17-10-12-20(13-11-17)33(28,29)22-15-32-25-21(14-23(27)26-24(22)25)16-6-8-19(9-7-16)31-18-4-2-3-5-18/h6-13,15,18,21H,2-5,14H2,1H3,(H,26,27)/t21-/m0/s1. The first kappa shape index (κ1) is 22.0. The van der Waals surface area contributed by atoms with Crippen molar-refractivity contribution < 1.29 is 22.7 Å². The van der Waals surface area contributed by atoms with Crippen molar-refractivity contribution in [3.63, 3.8) is 0 Å². The number of ether oxygens (including phenoxy) is 2. The largest absolute Gasteiger partial charge is 0.497 e. The molecule has 1 aliphatic heterocycles. The van der Waals surface area contributed by atoms with Crippen LogP contribution in [0.25, 0.3) is 0 Å². The van der Waals surface area contributed by atoms with Crippen LogP contribution in [0.2, 0.25) is 0 Å². The molecule has 0 bridgehead atoms. The lowest BCUT2D eigenvalue weighted by atomic mass is 9.90. The van der Waals surface area contributed by atoms with E-state index in [1.54, 1.807) is 17.5 Å². The Balaban J connectivity index is 1.45. The van der Waals surface area contributed by atoms with Crippen LogP contribution in [0, 0.1) is 0 Å². The van der Waals surface area contributed by atoms with Gasteiger partial charge in [-0.15, -0.1) is 11.3 Å². The summed E-state index contributed by atoms with van der Waals surface area (Å²) in [6, 6.07) is 14.1. The van der Waals surface area contributed by atoms with E-state index >= 15 is 0 Å². The van der Waals surface area contributed by atoms with E-state index in [0.717, 1.165) is 29.0 Å². The van der Waals surface area contributed by atoms with Crippen molar-refractivity contribution in [3.8, 4) is 11.5 Å². The fourth-order valence-electron chi connectivity index (χ4n) is 4.53. The Hall–Kier alpha value is -2.84. The van der Waals surface area contributed by atoms with Gasteiger partial charge in [-0.1, -0.05) is 12.1 Å². The SMILES string of the molecule is COc1ccc(S(=O)(=O)c2csc3c2NC(=O)C[C@H]3c2ccc(OC3CCCC3)cc2)cc1. The summed E-state index contributed by atoms with van der Waals surface area (Å²) in [6.07, 6.45) is 5.17. The minimum absolute atomic E-state index is 0.131. The first-order chi connectivity index (χ1) is 16.0. The molecule has 1 aromatic heterocycles. The molecule has 6 nitrogen and oxygen atoms in total. The molecule has 172 valence electrons. The van der Waals surface area contributed by atoms with Crippen LogP contribution in [-0.4, -0.2) is 27.5 Å². The number of sulfone groups is 1. The van der Waals surface area contributed by atoms with Crippen molar-refractivity contribution >= 4 is 32.8 Å². The number of rotatable bonds is 6. The van der Waals surface area contributed by atoms with Crippen molar-refractivity contribution in [2.24, 2.45) is 0 Å². The molecule has 5 rings (SSSR count). The summed E-state index contributed by atoms with van der Waals surface area (Å²) in [4.78, 5) is 13.7. The highest BCUT2D eigenvalue weighted by molar-refractivity contribution is 7.91. The van der Waals surface area contributed by atoms with Gasteiger partial charge in [0.15, 0.2) is 0 Å². The van der Waals surface area contributed by atoms with E-state index < -0.39 is 9.84 Å². The molecular formula is C25H25NO5S2. The summed E-state index contributed by atoms with van der Waals surface area (Å²) >= 11 is 1.37. The van der Waals surface area contributed by atoms with E-state index in [9.17, 15) is 13.2 Å². The molecule has 1 aliphatic carbocycles. The molecule has 2 aromatic carbocycles. The lowest BCUT2D eigenvalue weighted by molar-refractivity contribution is -0.116. The molecule has 0 spiro atoms. The van der Waals surface area contributed by atoms with Crippen LogP contribution in [-0.2, 0) is 14.6 Å². The highest BCUT2D eigenvalue weighted by Gasteiger charge is 2.34. The van der Waals surface area contributed by atoms with E-state index in [4.69, 9.17) is 9.47 Å². The number of carbonyl (C=O) groups is 1. The highest BCUT2D eigenvalue weighted by Crippen LogP contribution is 2.46. The molecule has 2 aliphatic rings. The van der Waals surface area contributed by atoms with E-state index in [1.165, 1.54) is 43.4 Å². The van der Waals surface area contributed by atoms with Crippen molar-refractivity contribution in [2.75, 3.05) is 12.4 Å². The number of fused-ring (bicyclic) bond motifs is 1. The van der Waals surface area contributed by atoms with Gasteiger partial charge in [-0.25, -0.2) is 8.42 Å². The molecule has 0 unspecified atom stereocenters. The Morgan fingerprint density at radius 1 is 0.970 bits per heavy atom. The minimum atomic E-state index is -3.79. The number of benzene rings is 2. The zero-order valence-corrected chi connectivity index (χ0v) is 19.9.